The van der Waals surface area contributed by atoms with Crippen molar-refractivity contribution in [3.63, 3.8) is 0 Å². The van der Waals surface area contributed by atoms with E-state index in [0.717, 1.165) is 18.5 Å². The van der Waals surface area contributed by atoms with Gasteiger partial charge >= 0.3 is 0 Å². The summed E-state index contributed by atoms with van der Waals surface area (Å²) in [4.78, 5) is 0.370. The first kappa shape index (κ1) is 16.2. The summed E-state index contributed by atoms with van der Waals surface area (Å²) in [7, 11) is 1.98. The van der Waals surface area contributed by atoms with Crippen LogP contribution >= 0.6 is 0 Å². The van der Waals surface area contributed by atoms with Crippen molar-refractivity contribution in [2.24, 2.45) is 7.05 Å². The third-order valence-corrected chi connectivity index (χ3v) is 5.45. The zero-order chi connectivity index (χ0) is 14.6. The Morgan fingerprint density at radius 2 is 1.95 bits per heavy atom. The molecule has 5 nitrogen and oxygen atoms in total. The number of sulfonamides is 1. The van der Waals surface area contributed by atoms with Crippen molar-refractivity contribution in [2.45, 2.75) is 44.2 Å². The van der Waals surface area contributed by atoms with Gasteiger partial charge in [0.25, 0.3) is 0 Å². The molecule has 0 aliphatic carbocycles. The summed E-state index contributed by atoms with van der Waals surface area (Å²) in [5, 5.41) is 3.03. The highest BCUT2D eigenvalue weighted by Crippen LogP contribution is 2.21. The van der Waals surface area contributed by atoms with Gasteiger partial charge < -0.3 is 9.88 Å². The smallest absolute Gasteiger partial charge is 0.244 e. The molecule has 0 spiro atoms. The number of nitrogens with one attached hydrogen (secondary N) is 1. The lowest BCUT2D eigenvalue weighted by Gasteiger charge is -2.24. The van der Waals surface area contributed by atoms with E-state index in [1.165, 1.54) is 4.31 Å². The molecule has 0 saturated heterocycles. The van der Waals surface area contributed by atoms with Gasteiger partial charge in [-0.2, -0.15) is 4.31 Å². The predicted octanol–water partition coefficient (Wildman–Crippen LogP) is 1.55. The van der Waals surface area contributed by atoms with Crippen molar-refractivity contribution >= 4 is 10.0 Å². The molecule has 1 N–H and O–H groups in total. The highest BCUT2D eigenvalue weighted by atomic mass is 32.2. The molecule has 0 aromatic carbocycles. The van der Waals surface area contributed by atoms with E-state index in [1.807, 2.05) is 32.5 Å². The predicted molar refractivity (Wildman–Crippen MR) is 77.5 cm³/mol. The molecule has 0 radical (unpaired) electrons. The number of rotatable bonds is 7. The van der Waals surface area contributed by atoms with Crippen molar-refractivity contribution in [3.8, 4) is 0 Å². The van der Waals surface area contributed by atoms with Crippen molar-refractivity contribution in [3.05, 3.63) is 18.0 Å². The third kappa shape index (κ3) is 3.38. The van der Waals surface area contributed by atoms with Gasteiger partial charge in [-0.05, 0) is 26.0 Å². The number of nitrogens with zero attached hydrogens (tertiary/aromatic N) is 2. The molecule has 1 aromatic rings. The first-order valence-corrected chi connectivity index (χ1v) is 8.10. The third-order valence-electron chi connectivity index (χ3n) is 3.57. The lowest BCUT2D eigenvalue weighted by atomic mass is 10.2. The Bertz CT molecular complexity index is 504. The van der Waals surface area contributed by atoms with Crippen LogP contribution in [0, 0.1) is 0 Å². The van der Waals surface area contributed by atoms with E-state index in [2.05, 4.69) is 5.32 Å². The lowest BCUT2D eigenvalue weighted by Crippen LogP contribution is -2.36. The van der Waals surface area contributed by atoms with E-state index in [1.54, 1.807) is 19.3 Å². The molecule has 0 bridgehead atoms. The van der Waals surface area contributed by atoms with Gasteiger partial charge in [0.2, 0.25) is 10.0 Å². The van der Waals surface area contributed by atoms with Crippen LogP contribution in [0.3, 0.4) is 0 Å². The van der Waals surface area contributed by atoms with Gasteiger partial charge in [0.15, 0.2) is 0 Å². The summed E-state index contributed by atoms with van der Waals surface area (Å²) in [6.07, 6.45) is 3.33. The second kappa shape index (κ2) is 6.54. The fourth-order valence-electron chi connectivity index (χ4n) is 2.24. The maximum Gasteiger partial charge on any atom is 0.244 e. The van der Waals surface area contributed by atoms with E-state index in [4.69, 9.17) is 0 Å². The standard InChI is InChI=1S/C13H25N3O2S/c1-6-11(7-2)16(5)19(17,18)13-8-12(9-14-3)15(4)10-13/h8,10-11,14H,6-7,9H2,1-5H3. The van der Waals surface area contributed by atoms with E-state index >= 15 is 0 Å². The Morgan fingerprint density at radius 3 is 2.42 bits per heavy atom. The van der Waals surface area contributed by atoms with Gasteiger partial charge in [-0.15, -0.1) is 0 Å². The van der Waals surface area contributed by atoms with Crippen molar-refractivity contribution < 1.29 is 8.42 Å². The quantitative estimate of drug-likeness (QED) is 0.828. The number of hydrogen-bond donors (Lipinski definition) is 1. The van der Waals surface area contributed by atoms with Gasteiger partial charge in [-0.3, -0.25) is 0 Å². The topological polar surface area (TPSA) is 54.3 Å². The Hall–Kier alpha value is -0.850. The minimum Gasteiger partial charge on any atom is -0.352 e. The molecule has 0 atom stereocenters. The Balaban J connectivity index is 3.09. The molecule has 1 aromatic heterocycles. The summed E-state index contributed by atoms with van der Waals surface area (Å²) in [5.41, 5.74) is 0.957. The highest BCUT2D eigenvalue weighted by molar-refractivity contribution is 7.89. The first-order valence-electron chi connectivity index (χ1n) is 6.66. The minimum atomic E-state index is -3.40. The lowest BCUT2D eigenvalue weighted by molar-refractivity contribution is 0.349. The molecule has 0 amide bonds. The van der Waals surface area contributed by atoms with Crippen LogP contribution in [0.4, 0.5) is 0 Å². The van der Waals surface area contributed by atoms with Crippen LogP contribution in [0.5, 0.6) is 0 Å². The van der Waals surface area contributed by atoms with Crippen LogP contribution in [0.1, 0.15) is 32.4 Å². The molecule has 0 fully saturated rings. The van der Waals surface area contributed by atoms with Gasteiger partial charge in [0.1, 0.15) is 4.90 Å². The Morgan fingerprint density at radius 1 is 1.37 bits per heavy atom. The molecule has 6 heteroatoms. The molecule has 0 unspecified atom stereocenters. The van der Waals surface area contributed by atoms with Crippen LogP contribution < -0.4 is 5.32 Å². The van der Waals surface area contributed by atoms with E-state index in [-0.39, 0.29) is 6.04 Å². The summed E-state index contributed by atoms with van der Waals surface area (Å²) >= 11 is 0. The van der Waals surface area contributed by atoms with E-state index < -0.39 is 10.0 Å². The maximum atomic E-state index is 12.6. The molecule has 110 valence electrons. The monoisotopic (exact) mass is 287 g/mol. The van der Waals surface area contributed by atoms with Gasteiger partial charge in [0.05, 0.1) is 0 Å². The van der Waals surface area contributed by atoms with Crippen molar-refractivity contribution in [1.29, 1.82) is 0 Å². The number of aromatic nitrogens is 1. The molecular weight excluding hydrogens is 262 g/mol. The van der Waals surface area contributed by atoms with E-state index in [0.29, 0.717) is 11.4 Å². The summed E-state index contributed by atoms with van der Waals surface area (Å²) < 4.78 is 28.4. The van der Waals surface area contributed by atoms with Gasteiger partial charge in [-0.1, -0.05) is 13.8 Å². The number of aryl methyl sites for hydroxylation is 1. The first-order chi connectivity index (χ1) is 8.88. The van der Waals surface area contributed by atoms with Crippen LogP contribution in [-0.2, 0) is 23.6 Å². The largest absolute Gasteiger partial charge is 0.352 e. The second-order valence-electron chi connectivity index (χ2n) is 4.80. The Kier molecular flexibility index (Phi) is 5.58. The Labute approximate surface area is 116 Å². The molecule has 19 heavy (non-hydrogen) atoms. The number of hydrogen-bond acceptors (Lipinski definition) is 3. The molecule has 0 saturated carbocycles. The second-order valence-corrected chi connectivity index (χ2v) is 6.80. The molecular formula is C13H25N3O2S. The van der Waals surface area contributed by atoms with Crippen LogP contribution in [0.25, 0.3) is 0 Å². The van der Waals surface area contributed by atoms with Crippen LogP contribution in [-0.4, -0.2) is 37.4 Å². The fraction of sp³-hybridized carbons (Fsp3) is 0.692. The molecule has 0 aliphatic rings. The SMILES string of the molecule is CCC(CC)N(C)S(=O)(=O)c1cc(CNC)n(C)c1. The maximum absolute atomic E-state index is 12.6. The average molecular weight is 287 g/mol. The molecule has 0 aliphatic heterocycles. The fourth-order valence-corrected chi connectivity index (χ4v) is 3.84. The van der Waals surface area contributed by atoms with Crippen molar-refractivity contribution in [2.75, 3.05) is 14.1 Å². The highest BCUT2D eigenvalue weighted by Gasteiger charge is 2.27. The van der Waals surface area contributed by atoms with Gasteiger partial charge in [0, 0.05) is 38.6 Å². The van der Waals surface area contributed by atoms with Crippen LogP contribution in [0.15, 0.2) is 17.2 Å². The van der Waals surface area contributed by atoms with E-state index in [9.17, 15) is 8.42 Å². The summed E-state index contributed by atoms with van der Waals surface area (Å²) in [5.74, 6) is 0. The summed E-state index contributed by atoms with van der Waals surface area (Å²) in [6, 6.07) is 1.79. The summed E-state index contributed by atoms with van der Waals surface area (Å²) in [6.45, 7) is 4.68. The zero-order valence-corrected chi connectivity index (χ0v) is 13.3. The molecule has 1 rings (SSSR count). The average Bonchev–Trinajstić information content (AvgIpc) is 2.73. The normalized spacial score (nSPS) is 12.6. The minimum absolute atomic E-state index is 0.0537. The van der Waals surface area contributed by atoms with Crippen molar-refractivity contribution in [1.82, 2.24) is 14.2 Å². The van der Waals surface area contributed by atoms with Gasteiger partial charge in [-0.25, -0.2) is 8.42 Å². The molecule has 1 heterocycles. The van der Waals surface area contributed by atoms with Crippen LogP contribution in [0.2, 0.25) is 0 Å². The zero-order valence-electron chi connectivity index (χ0n) is 12.5.